The van der Waals surface area contributed by atoms with Crippen LogP contribution in [0.4, 0.5) is 0 Å². The zero-order valence-corrected chi connectivity index (χ0v) is 10.6. The van der Waals surface area contributed by atoms with Crippen LogP contribution in [-0.2, 0) is 5.41 Å². The third-order valence-electron chi connectivity index (χ3n) is 2.90. The summed E-state index contributed by atoms with van der Waals surface area (Å²) in [7, 11) is 0. The molecule has 2 N–H and O–H groups in total. The standard InChI is InChI=1S/C14H19NO2/c1-14(2,3)11-6-4-5-10(13(15)16)12(11)17-9-7-8-9/h4-6,9H,7-8H2,1-3H3,(H2,15,16). The number of amides is 1. The lowest BCUT2D eigenvalue weighted by molar-refractivity contribution is 0.0995. The molecule has 17 heavy (non-hydrogen) atoms. The van der Waals surface area contributed by atoms with Crippen LogP contribution < -0.4 is 10.5 Å². The Bertz CT molecular complexity index is 442. The highest BCUT2D eigenvalue weighted by atomic mass is 16.5. The van der Waals surface area contributed by atoms with Crippen LogP contribution in [0.1, 0.15) is 49.5 Å². The van der Waals surface area contributed by atoms with Gasteiger partial charge in [-0.25, -0.2) is 0 Å². The van der Waals surface area contributed by atoms with E-state index in [-0.39, 0.29) is 11.5 Å². The van der Waals surface area contributed by atoms with Gasteiger partial charge in [-0.15, -0.1) is 0 Å². The van der Waals surface area contributed by atoms with E-state index in [0.717, 1.165) is 18.4 Å². The molecular formula is C14H19NO2. The van der Waals surface area contributed by atoms with Gasteiger partial charge in [0.2, 0.25) is 0 Å². The molecule has 0 unspecified atom stereocenters. The summed E-state index contributed by atoms with van der Waals surface area (Å²) < 4.78 is 5.87. The Balaban J connectivity index is 2.49. The van der Waals surface area contributed by atoms with Crippen LogP contribution in [0.5, 0.6) is 5.75 Å². The second-order valence-electron chi connectivity index (χ2n) is 5.61. The molecule has 1 aromatic rings. The maximum atomic E-state index is 11.4. The number of hydrogen-bond donors (Lipinski definition) is 1. The van der Waals surface area contributed by atoms with E-state index in [0.29, 0.717) is 11.3 Å². The predicted molar refractivity (Wildman–Crippen MR) is 67.3 cm³/mol. The van der Waals surface area contributed by atoms with Crippen LogP contribution in [0, 0.1) is 0 Å². The summed E-state index contributed by atoms with van der Waals surface area (Å²) in [5, 5.41) is 0. The summed E-state index contributed by atoms with van der Waals surface area (Å²) >= 11 is 0. The first-order valence-corrected chi connectivity index (χ1v) is 5.99. The van der Waals surface area contributed by atoms with E-state index >= 15 is 0 Å². The molecule has 0 saturated heterocycles. The first kappa shape index (κ1) is 12.0. The molecule has 0 bridgehead atoms. The van der Waals surface area contributed by atoms with Gasteiger partial charge in [-0.3, -0.25) is 4.79 Å². The van der Waals surface area contributed by atoms with E-state index in [1.807, 2.05) is 12.1 Å². The van der Waals surface area contributed by atoms with Crippen molar-refractivity contribution < 1.29 is 9.53 Å². The number of hydrogen-bond acceptors (Lipinski definition) is 2. The Kier molecular flexibility index (Phi) is 2.86. The zero-order chi connectivity index (χ0) is 12.6. The maximum Gasteiger partial charge on any atom is 0.252 e. The molecule has 1 aliphatic rings. The molecule has 0 atom stereocenters. The van der Waals surface area contributed by atoms with E-state index in [4.69, 9.17) is 10.5 Å². The van der Waals surface area contributed by atoms with Crippen LogP contribution in [0.2, 0.25) is 0 Å². The summed E-state index contributed by atoms with van der Waals surface area (Å²) in [5.41, 5.74) is 6.88. The van der Waals surface area contributed by atoms with E-state index in [2.05, 4.69) is 20.8 Å². The minimum atomic E-state index is -0.424. The molecule has 1 aliphatic carbocycles. The van der Waals surface area contributed by atoms with E-state index < -0.39 is 5.91 Å². The Hall–Kier alpha value is -1.51. The molecule has 1 aromatic carbocycles. The van der Waals surface area contributed by atoms with Crippen molar-refractivity contribution in [1.29, 1.82) is 0 Å². The number of carbonyl (C=O) groups is 1. The molecule has 3 heteroatoms. The molecule has 1 saturated carbocycles. The highest BCUT2D eigenvalue weighted by Crippen LogP contribution is 2.37. The molecular weight excluding hydrogens is 214 g/mol. The second-order valence-corrected chi connectivity index (χ2v) is 5.61. The third-order valence-corrected chi connectivity index (χ3v) is 2.90. The number of nitrogens with two attached hydrogens (primary N) is 1. The summed E-state index contributed by atoms with van der Waals surface area (Å²) in [6.45, 7) is 6.31. The van der Waals surface area contributed by atoms with Crippen molar-refractivity contribution in [2.24, 2.45) is 5.73 Å². The van der Waals surface area contributed by atoms with Crippen LogP contribution in [0.15, 0.2) is 18.2 Å². The van der Waals surface area contributed by atoms with Crippen molar-refractivity contribution in [3.05, 3.63) is 29.3 Å². The number of rotatable bonds is 3. The lowest BCUT2D eigenvalue weighted by Crippen LogP contribution is -2.19. The Morgan fingerprint density at radius 2 is 2.00 bits per heavy atom. The fourth-order valence-electron chi connectivity index (χ4n) is 1.80. The predicted octanol–water partition coefficient (Wildman–Crippen LogP) is 2.62. The lowest BCUT2D eigenvalue weighted by atomic mass is 9.85. The maximum absolute atomic E-state index is 11.4. The van der Waals surface area contributed by atoms with Crippen LogP contribution in [0.25, 0.3) is 0 Å². The molecule has 0 aliphatic heterocycles. The van der Waals surface area contributed by atoms with Gasteiger partial charge in [-0.1, -0.05) is 32.9 Å². The first-order chi connectivity index (χ1) is 7.89. The van der Waals surface area contributed by atoms with Crippen molar-refractivity contribution in [2.75, 3.05) is 0 Å². The van der Waals surface area contributed by atoms with Crippen LogP contribution in [-0.4, -0.2) is 12.0 Å². The molecule has 0 aromatic heterocycles. The van der Waals surface area contributed by atoms with Crippen LogP contribution in [0.3, 0.4) is 0 Å². The third kappa shape index (κ3) is 2.60. The van der Waals surface area contributed by atoms with E-state index in [1.165, 1.54) is 0 Å². The van der Waals surface area contributed by atoms with Gasteiger partial charge in [-0.05, 0) is 24.3 Å². The van der Waals surface area contributed by atoms with E-state index in [1.54, 1.807) is 6.07 Å². The summed E-state index contributed by atoms with van der Waals surface area (Å²) in [6, 6.07) is 5.60. The van der Waals surface area contributed by atoms with Gasteiger partial charge < -0.3 is 10.5 Å². The van der Waals surface area contributed by atoms with Gasteiger partial charge in [0.25, 0.3) is 5.91 Å². The van der Waals surface area contributed by atoms with Crippen molar-refractivity contribution in [3.63, 3.8) is 0 Å². The molecule has 1 amide bonds. The number of ether oxygens (including phenoxy) is 1. The summed E-state index contributed by atoms with van der Waals surface area (Å²) in [6.07, 6.45) is 2.39. The molecule has 1 fully saturated rings. The normalized spacial score (nSPS) is 15.7. The minimum absolute atomic E-state index is 0.0598. The van der Waals surface area contributed by atoms with Crippen molar-refractivity contribution >= 4 is 5.91 Å². The van der Waals surface area contributed by atoms with E-state index in [9.17, 15) is 4.79 Å². The Morgan fingerprint density at radius 3 is 2.47 bits per heavy atom. The molecule has 92 valence electrons. The zero-order valence-electron chi connectivity index (χ0n) is 10.6. The Labute approximate surface area is 102 Å². The molecule has 0 spiro atoms. The number of benzene rings is 1. The average Bonchev–Trinajstić information content (AvgIpc) is 3.00. The second kappa shape index (κ2) is 4.06. The summed E-state index contributed by atoms with van der Waals surface area (Å²) in [5.74, 6) is 0.252. The van der Waals surface area contributed by atoms with Gasteiger partial charge >= 0.3 is 0 Å². The van der Waals surface area contributed by atoms with Gasteiger partial charge in [0.05, 0.1) is 11.7 Å². The SMILES string of the molecule is CC(C)(C)c1cccc(C(N)=O)c1OC1CC1. The molecule has 3 nitrogen and oxygen atoms in total. The van der Waals surface area contributed by atoms with Gasteiger partial charge in [-0.2, -0.15) is 0 Å². The smallest absolute Gasteiger partial charge is 0.252 e. The molecule has 0 radical (unpaired) electrons. The number of para-hydroxylation sites is 1. The minimum Gasteiger partial charge on any atom is -0.489 e. The van der Waals surface area contributed by atoms with Crippen molar-refractivity contribution in [3.8, 4) is 5.75 Å². The fourth-order valence-corrected chi connectivity index (χ4v) is 1.80. The van der Waals surface area contributed by atoms with Gasteiger partial charge in [0.15, 0.2) is 0 Å². The van der Waals surface area contributed by atoms with Crippen LogP contribution >= 0.6 is 0 Å². The van der Waals surface area contributed by atoms with Crippen molar-refractivity contribution in [2.45, 2.75) is 45.1 Å². The number of carbonyl (C=O) groups excluding carboxylic acids is 1. The monoisotopic (exact) mass is 233 g/mol. The van der Waals surface area contributed by atoms with Gasteiger partial charge in [0.1, 0.15) is 5.75 Å². The Morgan fingerprint density at radius 1 is 1.35 bits per heavy atom. The average molecular weight is 233 g/mol. The fraction of sp³-hybridized carbons (Fsp3) is 0.500. The summed E-state index contributed by atoms with van der Waals surface area (Å²) in [4.78, 5) is 11.4. The molecule has 2 rings (SSSR count). The van der Waals surface area contributed by atoms with Crippen molar-refractivity contribution in [1.82, 2.24) is 0 Å². The molecule has 0 heterocycles. The highest BCUT2D eigenvalue weighted by Gasteiger charge is 2.29. The first-order valence-electron chi connectivity index (χ1n) is 5.99. The van der Waals surface area contributed by atoms with Gasteiger partial charge in [0, 0.05) is 5.56 Å². The largest absolute Gasteiger partial charge is 0.489 e. The quantitative estimate of drug-likeness (QED) is 0.872. The lowest BCUT2D eigenvalue weighted by Gasteiger charge is -2.24. The number of primary amides is 1. The highest BCUT2D eigenvalue weighted by molar-refractivity contribution is 5.96. The topological polar surface area (TPSA) is 52.3 Å².